The highest BCUT2D eigenvalue weighted by atomic mass is 16.3. The minimum absolute atomic E-state index is 0.215. The van der Waals surface area contributed by atoms with Crippen molar-refractivity contribution >= 4 is 52.0 Å². The van der Waals surface area contributed by atoms with Gasteiger partial charge in [-0.1, -0.05) is 19.3 Å². The number of hydrogen-bond donors (Lipinski definition) is 3. The van der Waals surface area contributed by atoms with Gasteiger partial charge in [0.05, 0.1) is 52.1 Å². The molecule has 1 atom stereocenters. The maximum absolute atomic E-state index is 12.2. The molecule has 3 N–H and O–H groups in total. The summed E-state index contributed by atoms with van der Waals surface area (Å²) in [7, 11) is 3.77. The van der Waals surface area contributed by atoms with Gasteiger partial charge in [0.25, 0.3) is 0 Å². The standard InChI is InChI=1S/C26H32N8.C19H26N4O4/c27-17-26(7-4-8-26)23-13-20-22(15-28-23)31-32-25(20)21-14-24(30-18-29-21)34-11-9-33(10-12-34)16-19-5-2-1-3-6-19;1-21(2)17-11-13(22-9-7-14(25)8-10-22)3-4-15(17)23(12-24)16-5-6-18(26)20-19(16)27/h13-15,18-19H,1-12,16H2,(H,31,32);3-4,11-12,14,16,25H,5-10H2,1-2H3,(H,20,26,27). The number of fused-ring (bicyclic) bond motifs is 1. The van der Waals surface area contributed by atoms with Gasteiger partial charge in [0.2, 0.25) is 18.2 Å². The molecular formula is C45H58N12O4. The van der Waals surface area contributed by atoms with E-state index in [1.54, 1.807) is 12.5 Å². The molecule has 2 aliphatic carbocycles. The van der Waals surface area contributed by atoms with Gasteiger partial charge in [-0.15, -0.1) is 0 Å². The van der Waals surface area contributed by atoms with Crippen LogP contribution >= 0.6 is 0 Å². The molecule has 9 rings (SSSR count). The number of nitrogens with zero attached hydrogens (tertiary/aromatic N) is 10. The molecular weight excluding hydrogens is 773 g/mol. The number of aliphatic hydroxyl groups is 1. The lowest BCUT2D eigenvalue weighted by Gasteiger charge is -2.37. The molecule has 2 saturated carbocycles. The highest BCUT2D eigenvalue weighted by Crippen LogP contribution is 2.43. The van der Waals surface area contributed by atoms with Crippen molar-refractivity contribution in [1.29, 1.82) is 5.26 Å². The number of carbonyl (C=O) groups is 3. The summed E-state index contributed by atoms with van der Waals surface area (Å²) in [6, 6.07) is 11.7. The van der Waals surface area contributed by atoms with Crippen LogP contribution in [0.15, 0.2) is 42.9 Å². The molecule has 5 aliphatic rings. The van der Waals surface area contributed by atoms with Crippen LogP contribution in [-0.2, 0) is 19.8 Å². The number of pyridine rings is 1. The number of benzene rings is 1. The zero-order valence-corrected chi connectivity index (χ0v) is 35.4. The van der Waals surface area contributed by atoms with Crippen molar-refractivity contribution < 1.29 is 19.5 Å². The molecule has 322 valence electrons. The summed E-state index contributed by atoms with van der Waals surface area (Å²) < 4.78 is 0. The number of rotatable bonds is 10. The Morgan fingerprint density at radius 3 is 2.34 bits per heavy atom. The lowest BCUT2D eigenvalue weighted by atomic mass is 9.67. The van der Waals surface area contributed by atoms with Crippen LogP contribution in [0.25, 0.3) is 22.3 Å². The Bertz CT molecular complexity index is 2230. The molecule has 4 aromatic rings. The van der Waals surface area contributed by atoms with E-state index in [-0.39, 0.29) is 18.4 Å². The average molecular weight is 831 g/mol. The normalized spacial score (nSPS) is 21.2. The van der Waals surface area contributed by atoms with Gasteiger partial charge in [0.15, 0.2) is 0 Å². The number of carbonyl (C=O) groups excluding carboxylic acids is 3. The van der Waals surface area contributed by atoms with Crippen molar-refractivity contribution in [2.45, 2.75) is 94.6 Å². The van der Waals surface area contributed by atoms with Gasteiger partial charge < -0.3 is 24.7 Å². The maximum atomic E-state index is 12.2. The molecule has 6 heterocycles. The fourth-order valence-electron chi connectivity index (χ4n) is 9.53. The van der Waals surface area contributed by atoms with Crippen LogP contribution in [0, 0.1) is 17.2 Å². The number of nitriles is 1. The highest BCUT2D eigenvalue weighted by molar-refractivity contribution is 6.04. The molecule has 3 amide bonds. The molecule has 3 saturated heterocycles. The van der Waals surface area contributed by atoms with Gasteiger partial charge in [0.1, 0.15) is 23.9 Å². The molecule has 0 bridgehead atoms. The first-order valence-electron chi connectivity index (χ1n) is 22.0. The van der Waals surface area contributed by atoms with Crippen molar-refractivity contribution in [3.05, 3.63) is 48.5 Å². The van der Waals surface area contributed by atoms with Crippen LogP contribution in [0.3, 0.4) is 0 Å². The van der Waals surface area contributed by atoms with Gasteiger partial charge in [-0.05, 0) is 81.5 Å². The predicted molar refractivity (Wildman–Crippen MR) is 234 cm³/mol. The molecule has 16 nitrogen and oxygen atoms in total. The Kier molecular flexibility index (Phi) is 12.8. The Balaban J connectivity index is 0.000000174. The Hall–Kier alpha value is -5.66. The Morgan fingerprint density at radius 2 is 1.67 bits per heavy atom. The zero-order valence-electron chi connectivity index (χ0n) is 35.4. The molecule has 3 aliphatic heterocycles. The van der Waals surface area contributed by atoms with Crippen molar-refractivity contribution in [2.75, 3.05) is 79.5 Å². The largest absolute Gasteiger partial charge is 0.393 e. The first-order chi connectivity index (χ1) is 29.6. The van der Waals surface area contributed by atoms with E-state index in [9.17, 15) is 24.8 Å². The highest BCUT2D eigenvalue weighted by Gasteiger charge is 2.41. The van der Waals surface area contributed by atoms with Crippen molar-refractivity contribution in [1.82, 2.24) is 35.4 Å². The van der Waals surface area contributed by atoms with E-state index in [1.165, 1.54) is 43.5 Å². The predicted octanol–water partition coefficient (Wildman–Crippen LogP) is 4.54. The quantitative estimate of drug-likeness (QED) is 0.149. The van der Waals surface area contributed by atoms with E-state index in [0.717, 1.165) is 122 Å². The lowest BCUT2D eigenvalue weighted by Crippen LogP contribution is -2.52. The number of imide groups is 1. The summed E-state index contributed by atoms with van der Waals surface area (Å²) >= 11 is 0. The van der Waals surface area contributed by atoms with Crippen molar-refractivity contribution in [3.8, 4) is 17.5 Å². The summed E-state index contributed by atoms with van der Waals surface area (Å²) in [5.41, 5.74) is 5.33. The second-order valence-corrected chi connectivity index (χ2v) is 17.6. The molecule has 16 heteroatoms. The van der Waals surface area contributed by atoms with Crippen LogP contribution in [0.4, 0.5) is 22.9 Å². The fraction of sp³-hybridized carbons (Fsp3) is 0.556. The van der Waals surface area contributed by atoms with Crippen molar-refractivity contribution in [3.63, 3.8) is 0 Å². The van der Waals surface area contributed by atoms with E-state index in [1.807, 2.05) is 43.3 Å². The molecule has 61 heavy (non-hydrogen) atoms. The van der Waals surface area contributed by atoms with Crippen LogP contribution in [-0.4, -0.2) is 125 Å². The van der Waals surface area contributed by atoms with E-state index < -0.39 is 17.4 Å². The number of H-pyrrole nitrogens is 1. The van der Waals surface area contributed by atoms with Crippen LogP contribution in [0.1, 0.15) is 82.7 Å². The molecule has 0 radical (unpaired) electrons. The van der Waals surface area contributed by atoms with Crippen LogP contribution in [0.2, 0.25) is 0 Å². The number of aliphatic hydroxyl groups excluding tert-OH is 1. The SMILES string of the molecule is CN(C)c1cc(N2CCC(O)CC2)ccc1N(C=O)C1CCC(=O)NC1=O.N#CC1(c2cc3c(-c4cc(N5CCN(CC6CCCCC6)CC5)ncn4)n[nH]c3cn2)CCC1. The van der Waals surface area contributed by atoms with Gasteiger partial charge in [-0.2, -0.15) is 10.4 Å². The average Bonchev–Trinajstić information content (AvgIpc) is 3.69. The maximum Gasteiger partial charge on any atom is 0.249 e. The van der Waals surface area contributed by atoms with E-state index in [2.05, 4.69) is 57.3 Å². The topological polar surface area (TPSA) is 191 Å². The Morgan fingerprint density at radius 1 is 0.902 bits per heavy atom. The number of piperidine rings is 2. The zero-order chi connectivity index (χ0) is 42.5. The van der Waals surface area contributed by atoms with Crippen LogP contribution < -0.4 is 24.9 Å². The first kappa shape index (κ1) is 42.0. The van der Waals surface area contributed by atoms with Gasteiger partial charge in [-0.3, -0.25) is 34.7 Å². The second kappa shape index (κ2) is 18.5. The first-order valence-corrected chi connectivity index (χ1v) is 22.0. The summed E-state index contributed by atoms with van der Waals surface area (Å²) in [6.07, 6.45) is 15.7. The minimum atomic E-state index is -0.699. The molecule has 0 spiro atoms. The molecule has 3 aromatic heterocycles. The number of anilines is 4. The van der Waals surface area contributed by atoms with E-state index in [0.29, 0.717) is 18.5 Å². The number of amides is 3. The second-order valence-electron chi connectivity index (χ2n) is 17.6. The van der Waals surface area contributed by atoms with Gasteiger partial charge in [0, 0.05) is 83.5 Å². The van der Waals surface area contributed by atoms with Gasteiger partial charge >= 0.3 is 0 Å². The van der Waals surface area contributed by atoms with Crippen LogP contribution in [0.5, 0.6) is 0 Å². The van der Waals surface area contributed by atoms with E-state index >= 15 is 0 Å². The Labute approximate surface area is 357 Å². The number of aromatic amines is 1. The summed E-state index contributed by atoms with van der Waals surface area (Å²) in [5, 5.41) is 30.4. The molecule has 1 aromatic carbocycles. The van der Waals surface area contributed by atoms with Gasteiger partial charge in [-0.25, -0.2) is 9.97 Å². The number of aromatic nitrogens is 5. The third-order valence-electron chi connectivity index (χ3n) is 13.4. The lowest BCUT2D eigenvalue weighted by molar-refractivity contribution is -0.134. The number of piperazine rings is 1. The third kappa shape index (κ3) is 9.18. The van der Waals surface area contributed by atoms with E-state index in [4.69, 9.17) is 0 Å². The number of nitrogens with one attached hydrogen (secondary N) is 2. The minimum Gasteiger partial charge on any atom is -0.393 e. The summed E-state index contributed by atoms with van der Waals surface area (Å²) in [6.45, 7) is 6.96. The number of hydrogen-bond acceptors (Lipinski definition) is 13. The molecule has 1 unspecified atom stereocenters. The smallest absolute Gasteiger partial charge is 0.249 e. The monoisotopic (exact) mass is 830 g/mol. The summed E-state index contributed by atoms with van der Waals surface area (Å²) in [5.74, 6) is 1.09. The fourth-order valence-corrected chi connectivity index (χ4v) is 9.53. The molecule has 5 fully saturated rings. The third-order valence-corrected chi connectivity index (χ3v) is 13.4. The summed E-state index contributed by atoms with van der Waals surface area (Å²) in [4.78, 5) is 59.7. The van der Waals surface area contributed by atoms with Crippen molar-refractivity contribution in [2.24, 2.45) is 5.92 Å².